The van der Waals surface area contributed by atoms with E-state index in [1.54, 1.807) is 18.2 Å². The number of carbonyl (C=O) groups excluding carboxylic acids is 2. The zero-order valence-electron chi connectivity index (χ0n) is 17.4. The van der Waals surface area contributed by atoms with Crippen LogP contribution in [-0.2, 0) is 9.59 Å². The second-order valence-corrected chi connectivity index (χ2v) is 8.26. The van der Waals surface area contributed by atoms with Crippen LogP contribution in [0.1, 0.15) is 64.7 Å². The number of aliphatic hydroxyl groups excluding tert-OH is 1. The lowest BCUT2D eigenvalue weighted by Crippen LogP contribution is -2.52. The van der Waals surface area contributed by atoms with Gasteiger partial charge >= 0.3 is 0 Å². The normalized spacial score (nSPS) is 24.8. The molecule has 29 heavy (non-hydrogen) atoms. The molecule has 1 aromatic rings. The van der Waals surface area contributed by atoms with E-state index >= 15 is 0 Å². The summed E-state index contributed by atoms with van der Waals surface area (Å²) in [5.41, 5.74) is 0.600. The number of rotatable bonds is 11. The largest absolute Gasteiger partial charge is 0.391 e. The Labute approximate surface area is 174 Å². The average molecular weight is 399 g/mol. The monoisotopic (exact) mass is 398 g/mol. The van der Waals surface area contributed by atoms with Crippen molar-refractivity contribution in [2.75, 3.05) is 4.90 Å². The molecular formula is C24H34N2O3. The maximum atomic E-state index is 12.9. The minimum absolute atomic E-state index is 0.203. The van der Waals surface area contributed by atoms with Gasteiger partial charge in [0.15, 0.2) is 0 Å². The van der Waals surface area contributed by atoms with Crippen LogP contribution < -0.4 is 10.2 Å². The maximum absolute atomic E-state index is 12.9. The Hall–Kier alpha value is -1.98. The highest BCUT2D eigenvalue weighted by Gasteiger charge is 2.49. The molecule has 0 radical (unpaired) electrons. The number of amides is 2. The Bertz CT molecular complexity index is 703. The first-order chi connectivity index (χ1) is 14.1. The van der Waals surface area contributed by atoms with Crippen molar-refractivity contribution >= 4 is 17.5 Å². The molecule has 2 aliphatic heterocycles. The quantitative estimate of drug-likeness (QED) is 0.336. The van der Waals surface area contributed by atoms with E-state index in [9.17, 15) is 14.7 Å². The van der Waals surface area contributed by atoms with E-state index in [1.807, 2.05) is 24.3 Å². The molecular weight excluding hydrogens is 364 g/mol. The van der Waals surface area contributed by atoms with Crippen molar-refractivity contribution in [2.24, 2.45) is 5.92 Å². The molecule has 1 fully saturated rings. The molecule has 0 aliphatic carbocycles. The van der Waals surface area contributed by atoms with Crippen LogP contribution in [0.3, 0.4) is 0 Å². The van der Waals surface area contributed by atoms with Gasteiger partial charge in [0.1, 0.15) is 6.04 Å². The molecule has 3 rings (SSSR count). The maximum Gasteiger partial charge on any atom is 0.252 e. The van der Waals surface area contributed by atoms with Gasteiger partial charge in [-0.2, -0.15) is 0 Å². The first-order valence-electron chi connectivity index (χ1n) is 11.2. The van der Waals surface area contributed by atoms with Crippen molar-refractivity contribution in [1.82, 2.24) is 5.32 Å². The molecule has 0 bridgehead atoms. The van der Waals surface area contributed by atoms with Gasteiger partial charge in [-0.25, -0.2) is 4.90 Å². The van der Waals surface area contributed by atoms with Crippen molar-refractivity contribution in [3.8, 4) is 0 Å². The number of para-hydroxylation sites is 1. The predicted octanol–water partition coefficient (Wildman–Crippen LogP) is 3.96. The highest BCUT2D eigenvalue weighted by atomic mass is 16.3. The topological polar surface area (TPSA) is 69.6 Å². The van der Waals surface area contributed by atoms with Gasteiger partial charge in [-0.15, -0.1) is 0 Å². The van der Waals surface area contributed by atoms with Crippen molar-refractivity contribution in [2.45, 2.75) is 82.9 Å². The van der Waals surface area contributed by atoms with E-state index < -0.39 is 18.1 Å². The van der Waals surface area contributed by atoms with E-state index in [0.717, 1.165) is 12.8 Å². The first-order valence-corrected chi connectivity index (χ1v) is 11.2. The van der Waals surface area contributed by atoms with Gasteiger partial charge in [-0.3, -0.25) is 14.9 Å². The van der Waals surface area contributed by atoms with Crippen LogP contribution in [0.5, 0.6) is 0 Å². The lowest BCUT2D eigenvalue weighted by atomic mass is 9.92. The lowest BCUT2D eigenvalue weighted by molar-refractivity contribution is -0.122. The fraction of sp³-hybridized carbons (Fsp3) is 0.583. The number of carbonyl (C=O) groups is 2. The van der Waals surface area contributed by atoms with Crippen LogP contribution in [0.4, 0.5) is 5.69 Å². The number of hydrogen-bond donors (Lipinski definition) is 2. The number of fused-ring (bicyclic) bond motifs is 1. The number of imide groups is 1. The minimum Gasteiger partial charge on any atom is -0.391 e. The van der Waals surface area contributed by atoms with E-state index in [0.29, 0.717) is 12.1 Å². The van der Waals surface area contributed by atoms with Crippen LogP contribution >= 0.6 is 0 Å². The average Bonchev–Trinajstić information content (AvgIpc) is 3.00. The Morgan fingerprint density at radius 2 is 1.59 bits per heavy atom. The number of anilines is 1. The molecule has 5 heteroatoms. The van der Waals surface area contributed by atoms with Crippen LogP contribution in [0, 0.1) is 5.92 Å². The summed E-state index contributed by atoms with van der Waals surface area (Å²) in [6, 6.07) is 8.16. The Balaban J connectivity index is 1.46. The van der Waals surface area contributed by atoms with Crippen LogP contribution in [0.15, 0.2) is 42.5 Å². The van der Waals surface area contributed by atoms with Gasteiger partial charge in [0.05, 0.1) is 23.8 Å². The van der Waals surface area contributed by atoms with Crippen molar-refractivity contribution in [3.63, 3.8) is 0 Å². The molecule has 0 spiro atoms. The summed E-state index contributed by atoms with van der Waals surface area (Å²) < 4.78 is 0. The van der Waals surface area contributed by atoms with Gasteiger partial charge in [0, 0.05) is 0 Å². The van der Waals surface area contributed by atoms with Gasteiger partial charge in [0.25, 0.3) is 5.91 Å². The fourth-order valence-electron chi connectivity index (χ4n) is 4.30. The van der Waals surface area contributed by atoms with E-state index in [2.05, 4.69) is 12.2 Å². The summed E-state index contributed by atoms with van der Waals surface area (Å²) in [5.74, 6) is -0.930. The number of hydrogen-bond acceptors (Lipinski definition) is 4. The Morgan fingerprint density at radius 1 is 0.931 bits per heavy atom. The zero-order valence-corrected chi connectivity index (χ0v) is 17.4. The summed E-state index contributed by atoms with van der Waals surface area (Å²) >= 11 is 0. The molecule has 2 N–H and O–H groups in total. The minimum atomic E-state index is -0.592. The molecule has 1 saturated heterocycles. The van der Waals surface area contributed by atoms with Crippen molar-refractivity contribution in [3.05, 3.63) is 42.5 Å². The Morgan fingerprint density at radius 3 is 2.28 bits per heavy atom. The van der Waals surface area contributed by atoms with Crippen molar-refractivity contribution < 1.29 is 14.7 Å². The van der Waals surface area contributed by atoms with E-state index in [4.69, 9.17) is 0 Å². The molecule has 2 aliphatic rings. The molecule has 158 valence electrons. The third kappa shape index (κ3) is 5.34. The van der Waals surface area contributed by atoms with Crippen molar-refractivity contribution in [1.29, 1.82) is 0 Å². The number of unbranched alkanes of at least 4 members (excludes halogenated alkanes) is 7. The van der Waals surface area contributed by atoms with Crippen LogP contribution in [-0.4, -0.2) is 35.1 Å². The van der Waals surface area contributed by atoms with Gasteiger partial charge in [-0.1, -0.05) is 88.6 Å². The second kappa shape index (κ2) is 10.7. The molecule has 4 atom stereocenters. The molecule has 2 heterocycles. The first kappa shape index (κ1) is 21.7. The molecule has 1 aromatic carbocycles. The van der Waals surface area contributed by atoms with Crippen LogP contribution in [0.25, 0.3) is 0 Å². The summed E-state index contributed by atoms with van der Waals surface area (Å²) in [7, 11) is 0. The molecule has 2 amide bonds. The number of benzene rings is 1. The van der Waals surface area contributed by atoms with E-state index in [1.165, 1.54) is 43.4 Å². The Kier molecular flexibility index (Phi) is 8.01. The smallest absolute Gasteiger partial charge is 0.252 e. The summed E-state index contributed by atoms with van der Waals surface area (Å²) in [5, 5.41) is 13.8. The third-order valence-corrected chi connectivity index (χ3v) is 6.03. The highest BCUT2D eigenvalue weighted by Crippen LogP contribution is 2.30. The molecule has 1 unspecified atom stereocenters. The summed E-state index contributed by atoms with van der Waals surface area (Å²) in [6.45, 7) is 2.23. The summed E-state index contributed by atoms with van der Waals surface area (Å²) in [4.78, 5) is 26.8. The third-order valence-electron chi connectivity index (χ3n) is 6.03. The molecule has 5 nitrogen and oxygen atoms in total. The van der Waals surface area contributed by atoms with E-state index in [-0.39, 0.29) is 17.9 Å². The number of nitrogens with one attached hydrogen (secondary N) is 1. The SMILES string of the molecule is CCCCCCCCCC[C@@H](O)C1C=C[C@H]2C(=O)N(c3ccccc3)C(=O)[C@H]2N1. The highest BCUT2D eigenvalue weighted by molar-refractivity contribution is 6.24. The van der Waals surface area contributed by atoms with Crippen LogP contribution in [0.2, 0.25) is 0 Å². The molecule has 0 saturated carbocycles. The standard InChI is InChI=1S/C24H34N2O3/c1-2-3-4-5-6-7-8-12-15-21(27)20-17-16-19-22(25-20)24(29)26(23(19)28)18-13-10-9-11-14-18/h9-11,13-14,16-17,19-22,25,27H,2-8,12,15H2,1H3/t19-,20?,21-,22+/m1/s1. The second-order valence-electron chi connectivity index (χ2n) is 8.26. The zero-order chi connectivity index (χ0) is 20.6. The van der Waals surface area contributed by atoms with Gasteiger partial charge < -0.3 is 5.11 Å². The lowest BCUT2D eigenvalue weighted by Gasteiger charge is -2.29. The van der Waals surface area contributed by atoms with Gasteiger partial charge in [0.2, 0.25) is 5.91 Å². The van der Waals surface area contributed by atoms with Gasteiger partial charge in [-0.05, 0) is 18.6 Å². The predicted molar refractivity (Wildman–Crippen MR) is 116 cm³/mol. The molecule has 0 aromatic heterocycles. The fourth-order valence-corrected chi connectivity index (χ4v) is 4.30. The summed E-state index contributed by atoms with van der Waals surface area (Å²) in [6.07, 6.45) is 13.6. The number of nitrogens with zero attached hydrogens (tertiary/aromatic N) is 1. The number of aliphatic hydroxyl groups is 1.